The molecule has 2 aromatic carbocycles. The lowest BCUT2D eigenvalue weighted by Gasteiger charge is -2.05. The zero-order valence-corrected chi connectivity index (χ0v) is 15.4. The van der Waals surface area contributed by atoms with E-state index in [2.05, 4.69) is 22.1 Å². The van der Waals surface area contributed by atoms with E-state index in [-0.39, 0.29) is 0 Å². The second-order valence-electron chi connectivity index (χ2n) is 6.82. The molecule has 0 atom stereocenters. The summed E-state index contributed by atoms with van der Waals surface area (Å²) >= 11 is 0. The average Bonchev–Trinajstić information content (AvgIpc) is 3.38. The number of fused-ring (bicyclic) bond motifs is 2. The van der Waals surface area contributed by atoms with Gasteiger partial charge in [-0.15, -0.1) is 0 Å². The minimum absolute atomic E-state index is 0.469. The van der Waals surface area contributed by atoms with Crippen molar-refractivity contribution in [1.29, 1.82) is 0 Å². The van der Waals surface area contributed by atoms with Crippen LogP contribution in [0, 0.1) is 0 Å². The number of pyridine rings is 1. The number of carbonyl (C=O) groups is 1. The number of aromatic amines is 1. The Morgan fingerprint density at radius 1 is 1.00 bits per heavy atom. The van der Waals surface area contributed by atoms with Gasteiger partial charge in [-0.1, -0.05) is 30.3 Å². The molecule has 3 aromatic heterocycles. The summed E-state index contributed by atoms with van der Waals surface area (Å²) in [6.07, 6.45) is 8.60. The van der Waals surface area contributed by atoms with Crippen molar-refractivity contribution in [3.63, 3.8) is 0 Å². The van der Waals surface area contributed by atoms with Gasteiger partial charge in [0.15, 0.2) is 0 Å². The molecular formula is C24H17N3O2. The maximum Gasteiger partial charge on any atom is 0.241 e. The number of carbonyl (C=O) groups excluding carboxylic acids is 1. The molecule has 0 unspecified atom stereocenters. The molecule has 3 N–H and O–H groups in total. The predicted octanol–water partition coefficient (Wildman–Crippen LogP) is 5.14. The van der Waals surface area contributed by atoms with E-state index in [1.54, 1.807) is 12.3 Å². The molecule has 0 radical (unpaired) electrons. The number of hydrogen-bond acceptors (Lipinski definition) is 3. The Morgan fingerprint density at radius 3 is 2.79 bits per heavy atom. The number of aromatic nitrogens is 2. The van der Waals surface area contributed by atoms with Gasteiger partial charge >= 0.3 is 0 Å². The monoisotopic (exact) mass is 379 g/mol. The first-order chi connectivity index (χ1) is 14.2. The van der Waals surface area contributed by atoms with Crippen molar-refractivity contribution in [2.75, 3.05) is 0 Å². The molecule has 3 heterocycles. The zero-order chi connectivity index (χ0) is 19.8. The first-order valence-corrected chi connectivity index (χ1v) is 9.21. The third kappa shape index (κ3) is 3.08. The number of H-pyrrole nitrogens is 1. The highest BCUT2D eigenvalue weighted by atomic mass is 16.3. The minimum atomic E-state index is -0.469. The summed E-state index contributed by atoms with van der Waals surface area (Å²) in [7, 11) is 0. The van der Waals surface area contributed by atoms with Crippen molar-refractivity contribution in [1.82, 2.24) is 9.97 Å². The summed E-state index contributed by atoms with van der Waals surface area (Å²) < 4.78 is 5.55. The van der Waals surface area contributed by atoms with Gasteiger partial charge in [-0.25, -0.2) is 4.98 Å². The van der Waals surface area contributed by atoms with Gasteiger partial charge in [0.2, 0.25) is 5.91 Å². The Morgan fingerprint density at radius 2 is 1.90 bits per heavy atom. The van der Waals surface area contributed by atoms with Crippen molar-refractivity contribution in [3.8, 4) is 22.3 Å². The number of nitrogens with two attached hydrogens (primary N) is 1. The van der Waals surface area contributed by atoms with Gasteiger partial charge in [0.1, 0.15) is 11.2 Å². The highest BCUT2D eigenvalue weighted by Gasteiger charge is 2.12. The molecule has 0 fully saturated rings. The van der Waals surface area contributed by atoms with E-state index >= 15 is 0 Å². The third-order valence-corrected chi connectivity index (χ3v) is 4.98. The summed E-state index contributed by atoms with van der Waals surface area (Å²) in [6.45, 7) is 0. The number of furan rings is 1. The van der Waals surface area contributed by atoms with Crippen molar-refractivity contribution < 1.29 is 9.21 Å². The van der Waals surface area contributed by atoms with E-state index in [0.29, 0.717) is 0 Å². The van der Waals surface area contributed by atoms with Gasteiger partial charge in [-0.05, 0) is 47.0 Å². The average molecular weight is 379 g/mol. The minimum Gasteiger partial charge on any atom is -0.464 e. The van der Waals surface area contributed by atoms with E-state index in [1.165, 1.54) is 6.08 Å². The molecule has 0 bridgehead atoms. The van der Waals surface area contributed by atoms with Gasteiger partial charge in [0, 0.05) is 40.4 Å². The molecule has 5 aromatic rings. The second kappa shape index (κ2) is 6.80. The van der Waals surface area contributed by atoms with Crippen molar-refractivity contribution in [2.24, 2.45) is 5.73 Å². The number of nitrogens with one attached hydrogen (secondary N) is 1. The van der Waals surface area contributed by atoms with E-state index in [4.69, 9.17) is 10.2 Å². The molecule has 0 aliphatic rings. The Hall–Kier alpha value is -4.12. The first-order valence-electron chi connectivity index (χ1n) is 9.21. The fraction of sp³-hybridized carbons (Fsp3) is 0. The molecule has 29 heavy (non-hydrogen) atoms. The maximum atomic E-state index is 11.0. The zero-order valence-electron chi connectivity index (χ0n) is 15.4. The highest BCUT2D eigenvalue weighted by Crippen LogP contribution is 2.35. The number of hydrogen-bond donors (Lipinski definition) is 2. The Balaban J connectivity index is 1.63. The van der Waals surface area contributed by atoms with Gasteiger partial charge in [0.05, 0.1) is 6.26 Å². The molecule has 140 valence electrons. The van der Waals surface area contributed by atoms with Crippen LogP contribution < -0.4 is 5.73 Å². The molecule has 0 saturated carbocycles. The van der Waals surface area contributed by atoms with Crippen LogP contribution in [0.1, 0.15) is 5.56 Å². The second-order valence-corrected chi connectivity index (χ2v) is 6.82. The van der Waals surface area contributed by atoms with Crippen LogP contribution in [0.25, 0.3) is 50.3 Å². The molecule has 1 amide bonds. The van der Waals surface area contributed by atoms with Crippen molar-refractivity contribution >= 4 is 34.0 Å². The van der Waals surface area contributed by atoms with Gasteiger partial charge in [-0.3, -0.25) is 4.79 Å². The summed E-state index contributed by atoms with van der Waals surface area (Å²) in [6, 6.07) is 18.1. The maximum absolute atomic E-state index is 11.0. The highest BCUT2D eigenvalue weighted by molar-refractivity contribution is 6.04. The number of amides is 1. The number of rotatable bonds is 4. The molecule has 0 spiro atoms. The van der Waals surface area contributed by atoms with Crippen molar-refractivity contribution in [3.05, 3.63) is 84.9 Å². The summed E-state index contributed by atoms with van der Waals surface area (Å²) in [4.78, 5) is 18.9. The quantitative estimate of drug-likeness (QED) is 0.424. The molecule has 5 nitrogen and oxygen atoms in total. The van der Waals surface area contributed by atoms with E-state index < -0.39 is 5.91 Å². The van der Waals surface area contributed by atoms with Crippen LogP contribution in [0.15, 0.2) is 83.7 Å². The lowest BCUT2D eigenvalue weighted by atomic mass is 9.99. The Bertz CT molecular complexity index is 1390. The molecule has 0 saturated heterocycles. The van der Waals surface area contributed by atoms with E-state index in [1.807, 2.05) is 54.9 Å². The van der Waals surface area contributed by atoms with Crippen LogP contribution in [0.4, 0.5) is 0 Å². The normalized spacial score (nSPS) is 11.6. The molecule has 0 aliphatic heterocycles. The topological polar surface area (TPSA) is 84.9 Å². The van der Waals surface area contributed by atoms with Crippen LogP contribution in [0.3, 0.4) is 0 Å². The molecule has 0 aliphatic carbocycles. The summed E-state index contributed by atoms with van der Waals surface area (Å²) in [5.41, 5.74) is 12.0. The largest absolute Gasteiger partial charge is 0.464 e. The predicted molar refractivity (Wildman–Crippen MR) is 115 cm³/mol. The van der Waals surface area contributed by atoms with Gasteiger partial charge < -0.3 is 15.1 Å². The fourth-order valence-corrected chi connectivity index (χ4v) is 3.61. The standard InChI is InChI=1S/C24H17N3O2/c25-23(28)8-7-15-3-1-4-16(11-15)17-12-20-21(14-27-24(20)26-13-17)18-5-2-6-22-19(18)9-10-29-22/h1-14H,(H2,25,28)(H,26,27). The number of primary amides is 1. The fourth-order valence-electron chi connectivity index (χ4n) is 3.61. The van der Waals surface area contributed by atoms with Gasteiger partial charge in [0.25, 0.3) is 0 Å². The van der Waals surface area contributed by atoms with Crippen molar-refractivity contribution in [2.45, 2.75) is 0 Å². The number of nitrogens with zero attached hydrogens (tertiary/aromatic N) is 1. The van der Waals surface area contributed by atoms with E-state index in [9.17, 15) is 4.79 Å². The van der Waals surface area contributed by atoms with Gasteiger partial charge in [-0.2, -0.15) is 0 Å². The molecular weight excluding hydrogens is 362 g/mol. The van der Waals surface area contributed by atoms with Crippen LogP contribution in [0.5, 0.6) is 0 Å². The molecule has 5 rings (SSSR count). The SMILES string of the molecule is NC(=O)C=Cc1cccc(-c2cnc3[nH]cc(-c4cccc5occc45)c3c2)c1. The van der Waals surface area contributed by atoms with Crippen LogP contribution in [0.2, 0.25) is 0 Å². The lowest BCUT2D eigenvalue weighted by molar-refractivity contribution is -0.113. The molecule has 5 heteroatoms. The Labute approximate surface area is 166 Å². The smallest absolute Gasteiger partial charge is 0.241 e. The van der Waals surface area contributed by atoms with Crippen LogP contribution in [-0.4, -0.2) is 15.9 Å². The third-order valence-electron chi connectivity index (χ3n) is 4.98. The van der Waals surface area contributed by atoms with E-state index in [0.717, 1.165) is 49.8 Å². The first kappa shape index (κ1) is 17.0. The summed E-state index contributed by atoms with van der Waals surface area (Å²) in [5, 5.41) is 2.10. The lowest BCUT2D eigenvalue weighted by Crippen LogP contribution is -2.05. The number of benzene rings is 2. The van der Waals surface area contributed by atoms with Crippen LogP contribution >= 0.6 is 0 Å². The Kier molecular flexibility index (Phi) is 3.99. The van der Waals surface area contributed by atoms with Crippen LogP contribution in [-0.2, 0) is 4.79 Å². The summed E-state index contributed by atoms with van der Waals surface area (Å²) in [5.74, 6) is -0.469.